The molecule has 12 heavy (non-hydrogen) atoms. The molecule has 0 amide bonds. The van der Waals surface area contributed by atoms with E-state index >= 15 is 0 Å². The maximum Gasteiger partial charge on any atom is 0.0686 e. The summed E-state index contributed by atoms with van der Waals surface area (Å²) in [6.45, 7) is 7.23. The summed E-state index contributed by atoms with van der Waals surface area (Å²) in [6, 6.07) is 0.792. The van der Waals surface area contributed by atoms with Crippen molar-refractivity contribution >= 4 is 0 Å². The lowest BCUT2D eigenvalue weighted by atomic mass is 10.1. The van der Waals surface area contributed by atoms with E-state index in [-0.39, 0.29) is 0 Å². The molecule has 0 bridgehead atoms. The summed E-state index contributed by atoms with van der Waals surface area (Å²) in [4.78, 5) is 2.65. The fourth-order valence-electron chi connectivity index (χ4n) is 2.79. The summed E-state index contributed by atoms with van der Waals surface area (Å²) in [6.07, 6.45) is 5.45. The second-order valence-corrected chi connectivity index (χ2v) is 4.49. The van der Waals surface area contributed by atoms with Crippen molar-refractivity contribution in [3.8, 4) is 0 Å². The molecule has 0 spiro atoms. The molecule has 2 aliphatic heterocycles. The summed E-state index contributed by atoms with van der Waals surface area (Å²) in [5.74, 6) is 0. The third kappa shape index (κ3) is 1.27. The predicted octanol–water partition coefficient (Wildman–Crippen LogP) is 1.57. The van der Waals surface area contributed by atoms with E-state index in [1.54, 1.807) is 0 Å². The standard InChI is InChI=1S/C10H20N2/c1-9-5-3-8-12(9)10(2)6-4-7-11-10/h9,11H,3-8H2,1-2H3/t9?,10-/m1/s1. The molecule has 2 heteroatoms. The first-order valence-corrected chi connectivity index (χ1v) is 5.24. The van der Waals surface area contributed by atoms with Crippen LogP contribution in [-0.2, 0) is 0 Å². The molecule has 0 aromatic heterocycles. The number of rotatable bonds is 1. The monoisotopic (exact) mass is 168 g/mol. The number of nitrogens with zero attached hydrogens (tertiary/aromatic N) is 1. The molecule has 0 radical (unpaired) electrons. The molecule has 0 aliphatic carbocycles. The van der Waals surface area contributed by atoms with Gasteiger partial charge in [0.15, 0.2) is 0 Å². The van der Waals surface area contributed by atoms with Gasteiger partial charge in [0, 0.05) is 12.6 Å². The van der Waals surface area contributed by atoms with Crippen molar-refractivity contribution in [2.75, 3.05) is 13.1 Å². The van der Waals surface area contributed by atoms with Crippen LogP contribution < -0.4 is 5.32 Å². The van der Waals surface area contributed by atoms with E-state index in [2.05, 4.69) is 24.1 Å². The molecular formula is C10H20N2. The maximum absolute atomic E-state index is 3.63. The molecular weight excluding hydrogens is 148 g/mol. The molecule has 2 atom stereocenters. The van der Waals surface area contributed by atoms with Gasteiger partial charge in [-0.05, 0) is 46.1 Å². The molecule has 2 nitrogen and oxygen atoms in total. The van der Waals surface area contributed by atoms with Crippen LogP contribution in [-0.4, -0.2) is 29.7 Å². The molecule has 0 aromatic rings. The van der Waals surface area contributed by atoms with E-state index < -0.39 is 0 Å². The van der Waals surface area contributed by atoms with Gasteiger partial charge in [-0.3, -0.25) is 10.2 Å². The van der Waals surface area contributed by atoms with Gasteiger partial charge in [-0.25, -0.2) is 0 Å². The van der Waals surface area contributed by atoms with Crippen LogP contribution >= 0.6 is 0 Å². The van der Waals surface area contributed by atoms with Gasteiger partial charge in [0.25, 0.3) is 0 Å². The molecule has 2 rings (SSSR count). The summed E-state index contributed by atoms with van der Waals surface area (Å²) in [5, 5.41) is 3.63. The Morgan fingerprint density at radius 1 is 1.42 bits per heavy atom. The topological polar surface area (TPSA) is 15.3 Å². The van der Waals surface area contributed by atoms with Crippen LogP contribution in [0.15, 0.2) is 0 Å². The van der Waals surface area contributed by atoms with Crippen molar-refractivity contribution < 1.29 is 0 Å². The Hall–Kier alpha value is -0.0800. The quantitative estimate of drug-likeness (QED) is 0.639. The van der Waals surface area contributed by atoms with Crippen LogP contribution in [0.3, 0.4) is 0 Å². The van der Waals surface area contributed by atoms with Crippen LogP contribution in [0.25, 0.3) is 0 Å². The van der Waals surface area contributed by atoms with Gasteiger partial charge in [-0.1, -0.05) is 0 Å². The summed E-state index contributed by atoms with van der Waals surface area (Å²) < 4.78 is 0. The fraction of sp³-hybridized carbons (Fsp3) is 1.00. The summed E-state index contributed by atoms with van der Waals surface area (Å²) >= 11 is 0. The Balaban J connectivity index is 2.06. The molecule has 0 aromatic carbocycles. The minimum absolute atomic E-state index is 0.329. The lowest BCUT2D eigenvalue weighted by Gasteiger charge is -2.38. The number of nitrogens with one attached hydrogen (secondary N) is 1. The van der Waals surface area contributed by atoms with Crippen LogP contribution in [0.4, 0.5) is 0 Å². The largest absolute Gasteiger partial charge is 0.299 e. The van der Waals surface area contributed by atoms with Gasteiger partial charge in [0.2, 0.25) is 0 Å². The zero-order valence-electron chi connectivity index (χ0n) is 8.27. The first-order chi connectivity index (χ1) is 5.72. The van der Waals surface area contributed by atoms with E-state index in [1.807, 2.05) is 0 Å². The lowest BCUT2D eigenvalue weighted by Crippen LogP contribution is -2.54. The van der Waals surface area contributed by atoms with Gasteiger partial charge in [-0.15, -0.1) is 0 Å². The molecule has 2 aliphatic rings. The first kappa shape index (κ1) is 8.52. The van der Waals surface area contributed by atoms with Gasteiger partial charge in [0.1, 0.15) is 0 Å². The van der Waals surface area contributed by atoms with Gasteiger partial charge >= 0.3 is 0 Å². The normalized spacial score (nSPS) is 44.0. The number of likely N-dealkylation sites (tertiary alicyclic amines) is 1. The minimum Gasteiger partial charge on any atom is -0.299 e. The predicted molar refractivity (Wildman–Crippen MR) is 51.0 cm³/mol. The smallest absolute Gasteiger partial charge is 0.0686 e. The highest BCUT2D eigenvalue weighted by atomic mass is 15.3. The Morgan fingerprint density at radius 2 is 2.25 bits per heavy atom. The molecule has 1 N–H and O–H groups in total. The van der Waals surface area contributed by atoms with Crippen LogP contribution in [0.2, 0.25) is 0 Å². The zero-order chi connectivity index (χ0) is 8.60. The van der Waals surface area contributed by atoms with Gasteiger partial charge in [-0.2, -0.15) is 0 Å². The molecule has 2 heterocycles. The Labute approximate surface area is 75.3 Å². The Kier molecular flexibility index (Phi) is 2.13. The SMILES string of the molecule is CC1CCCN1[C@]1(C)CCCN1. The van der Waals surface area contributed by atoms with Gasteiger partial charge < -0.3 is 0 Å². The van der Waals surface area contributed by atoms with Gasteiger partial charge in [0.05, 0.1) is 5.66 Å². The first-order valence-electron chi connectivity index (χ1n) is 5.24. The van der Waals surface area contributed by atoms with E-state index in [9.17, 15) is 0 Å². The van der Waals surface area contributed by atoms with Crippen molar-refractivity contribution in [2.24, 2.45) is 0 Å². The van der Waals surface area contributed by atoms with Crippen LogP contribution in [0.5, 0.6) is 0 Å². The second kappa shape index (κ2) is 3.00. The Bertz CT molecular complexity index is 161. The number of hydrogen-bond acceptors (Lipinski definition) is 2. The number of hydrogen-bond donors (Lipinski definition) is 1. The molecule has 70 valence electrons. The van der Waals surface area contributed by atoms with Crippen LogP contribution in [0, 0.1) is 0 Å². The molecule has 0 saturated carbocycles. The summed E-state index contributed by atoms with van der Waals surface area (Å²) in [5.41, 5.74) is 0.329. The minimum atomic E-state index is 0.329. The van der Waals surface area contributed by atoms with E-state index in [0.717, 1.165) is 6.04 Å². The van der Waals surface area contributed by atoms with E-state index in [0.29, 0.717) is 5.66 Å². The molecule has 2 fully saturated rings. The van der Waals surface area contributed by atoms with E-state index in [1.165, 1.54) is 38.8 Å². The maximum atomic E-state index is 3.63. The zero-order valence-corrected chi connectivity index (χ0v) is 8.27. The average molecular weight is 168 g/mol. The highest BCUT2D eigenvalue weighted by Crippen LogP contribution is 2.30. The van der Waals surface area contributed by atoms with Crippen LogP contribution in [0.1, 0.15) is 39.5 Å². The second-order valence-electron chi connectivity index (χ2n) is 4.49. The lowest BCUT2D eigenvalue weighted by molar-refractivity contribution is 0.0824. The van der Waals surface area contributed by atoms with Crippen molar-refractivity contribution in [1.29, 1.82) is 0 Å². The average Bonchev–Trinajstić information content (AvgIpc) is 2.59. The van der Waals surface area contributed by atoms with Crippen molar-refractivity contribution in [1.82, 2.24) is 10.2 Å². The molecule has 1 unspecified atom stereocenters. The van der Waals surface area contributed by atoms with Crippen molar-refractivity contribution in [3.05, 3.63) is 0 Å². The third-order valence-corrected chi connectivity index (χ3v) is 3.53. The fourth-order valence-corrected chi connectivity index (χ4v) is 2.79. The highest BCUT2D eigenvalue weighted by molar-refractivity contribution is 4.93. The highest BCUT2D eigenvalue weighted by Gasteiger charge is 2.38. The Morgan fingerprint density at radius 3 is 2.75 bits per heavy atom. The molecule has 2 saturated heterocycles. The third-order valence-electron chi connectivity index (χ3n) is 3.53. The van der Waals surface area contributed by atoms with E-state index in [4.69, 9.17) is 0 Å². The summed E-state index contributed by atoms with van der Waals surface area (Å²) in [7, 11) is 0. The van der Waals surface area contributed by atoms with Crippen molar-refractivity contribution in [3.63, 3.8) is 0 Å². The van der Waals surface area contributed by atoms with Crippen molar-refractivity contribution in [2.45, 2.75) is 51.2 Å².